The molecule has 0 fully saturated rings. The van der Waals surface area contributed by atoms with Crippen LogP contribution in [0, 0.1) is 5.92 Å². The van der Waals surface area contributed by atoms with E-state index in [0.717, 1.165) is 19.5 Å². The monoisotopic (exact) mass is 252 g/mol. The summed E-state index contributed by atoms with van der Waals surface area (Å²) in [6.45, 7) is 8.63. The van der Waals surface area contributed by atoms with Crippen molar-refractivity contribution in [1.82, 2.24) is 20.0 Å². The lowest BCUT2D eigenvalue weighted by molar-refractivity contribution is 0.224. The molecule has 0 aliphatic heterocycles. The topological polar surface area (TPSA) is 33.1 Å². The summed E-state index contributed by atoms with van der Waals surface area (Å²) in [4.78, 5) is 2.29. The van der Waals surface area contributed by atoms with E-state index >= 15 is 0 Å². The summed E-state index contributed by atoms with van der Waals surface area (Å²) in [7, 11) is 6.28. The number of hydrogen-bond donors (Lipinski definition) is 1. The van der Waals surface area contributed by atoms with Gasteiger partial charge in [-0.2, -0.15) is 5.10 Å². The predicted octanol–water partition coefficient (Wildman–Crippen LogP) is 1.66. The van der Waals surface area contributed by atoms with E-state index in [-0.39, 0.29) is 0 Å². The third-order valence-electron chi connectivity index (χ3n) is 3.43. The Hall–Kier alpha value is -0.870. The van der Waals surface area contributed by atoms with Gasteiger partial charge in [0.2, 0.25) is 0 Å². The van der Waals surface area contributed by atoms with Crippen LogP contribution >= 0.6 is 0 Å². The van der Waals surface area contributed by atoms with Crippen molar-refractivity contribution in [3.8, 4) is 0 Å². The van der Waals surface area contributed by atoms with Gasteiger partial charge in [0.1, 0.15) is 0 Å². The number of aromatic nitrogens is 2. The van der Waals surface area contributed by atoms with Gasteiger partial charge in [-0.3, -0.25) is 4.68 Å². The molecule has 0 saturated carbocycles. The average molecular weight is 252 g/mol. The van der Waals surface area contributed by atoms with Crippen LogP contribution in [0.3, 0.4) is 0 Å². The summed E-state index contributed by atoms with van der Waals surface area (Å²) in [5, 5.41) is 8.02. The number of nitrogens with zero attached hydrogens (tertiary/aromatic N) is 3. The van der Waals surface area contributed by atoms with E-state index in [1.807, 2.05) is 11.7 Å². The summed E-state index contributed by atoms with van der Waals surface area (Å²) in [6.07, 6.45) is 3.12. The molecule has 1 aromatic rings. The van der Waals surface area contributed by atoms with E-state index in [9.17, 15) is 0 Å². The van der Waals surface area contributed by atoms with Gasteiger partial charge in [0.25, 0.3) is 0 Å². The maximum atomic E-state index is 4.46. The van der Waals surface area contributed by atoms with Gasteiger partial charge in [-0.15, -0.1) is 0 Å². The maximum Gasteiger partial charge on any atom is 0.0666 e. The molecule has 1 heterocycles. The highest BCUT2D eigenvalue weighted by molar-refractivity contribution is 5.16. The molecular formula is C14H28N4. The maximum absolute atomic E-state index is 4.46. The zero-order chi connectivity index (χ0) is 13.7. The van der Waals surface area contributed by atoms with E-state index < -0.39 is 0 Å². The molecule has 104 valence electrons. The van der Waals surface area contributed by atoms with Gasteiger partial charge in [-0.25, -0.2) is 0 Å². The minimum absolute atomic E-state index is 0.576. The van der Waals surface area contributed by atoms with Crippen molar-refractivity contribution in [2.75, 3.05) is 20.6 Å². The van der Waals surface area contributed by atoms with Crippen molar-refractivity contribution in [2.45, 2.75) is 39.8 Å². The van der Waals surface area contributed by atoms with E-state index in [4.69, 9.17) is 0 Å². The van der Waals surface area contributed by atoms with Crippen molar-refractivity contribution < 1.29 is 0 Å². The Labute approximate surface area is 111 Å². The molecule has 1 rings (SSSR count). The molecular weight excluding hydrogens is 224 g/mol. The predicted molar refractivity (Wildman–Crippen MR) is 76.6 cm³/mol. The molecule has 0 aliphatic carbocycles. The van der Waals surface area contributed by atoms with Crippen LogP contribution < -0.4 is 5.32 Å². The second-order valence-electron chi connectivity index (χ2n) is 5.53. The van der Waals surface area contributed by atoms with Crippen molar-refractivity contribution in [2.24, 2.45) is 13.0 Å². The molecule has 0 aromatic carbocycles. The normalized spacial score (nSPS) is 13.6. The molecule has 0 spiro atoms. The quantitative estimate of drug-likeness (QED) is 0.801. The molecule has 0 saturated heterocycles. The van der Waals surface area contributed by atoms with Crippen LogP contribution in [-0.2, 0) is 20.0 Å². The average Bonchev–Trinajstić information content (AvgIpc) is 2.64. The Bertz CT molecular complexity index is 347. The second-order valence-corrected chi connectivity index (χ2v) is 5.53. The number of rotatable bonds is 7. The number of likely N-dealkylation sites (N-methyl/N-ethyl adjacent to an activating group) is 1. The molecule has 4 nitrogen and oxygen atoms in total. The Kier molecular flexibility index (Phi) is 5.82. The minimum atomic E-state index is 0.576. The van der Waals surface area contributed by atoms with Gasteiger partial charge in [0.15, 0.2) is 0 Å². The third-order valence-corrected chi connectivity index (χ3v) is 3.43. The van der Waals surface area contributed by atoms with Crippen LogP contribution in [0.4, 0.5) is 0 Å². The van der Waals surface area contributed by atoms with Crippen LogP contribution in [0.25, 0.3) is 0 Å². The van der Waals surface area contributed by atoms with E-state index in [1.54, 1.807) is 0 Å². The highest BCUT2D eigenvalue weighted by atomic mass is 15.3. The molecule has 1 atom stereocenters. The van der Waals surface area contributed by atoms with E-state index in [1.165, 1.54) is 11.3 Å². The first-order valence-corrected chi connectivity index (χ1v) is 6.84. The second kappa shape index (κ2) is 6.90. The van der Waals surface area contributed by atoms with Gasteiger partial charge in [-0.05, 0) is 26.4 Å². The van der Waals surface area contributed by atoms with E-state index in [2.05, 4.69) is 56.4 Å². The number of hydrogen-bond acceptors (Lipinski definition) is 3. The lowest BCUT2D eigenvalue weighted by Crippen LogP contribution is -2.41. The smallest absolute Gasteiger partial charge is 0.0666 e. The standard InChI is InChI=1S/C14H28N4/c1-7-13-12(10-18(6)16-13)8-15-9-14(11(2)3)17(4)5/h10-11,14-15H,7-9H2,1-6H3. The van der Waals surface area contributed by atoms with Gasteiger partial charge >= 0.3 is 0 Å². The van der Waals surface area contributed by atoms with E-state index in [0.29, 0.717) is 12.0 Å². The van der Waals surface area contributed by atoms with Gasteiger partial charge in [0, 0.05) is 37.9 Å². The fraction of sp³-hybridized carbons (Fsp3) is 0.786. The number of aryl methyl sites for hydroxylation is 2. The summed E-state index contributed by atoms with van der Waals surface area (Å²) < 4.78 is 1.90. The summed E-state index contributed by atoms with van der Waals surface area (Å²) in [5.74, 6) is 0.659. The molecule has 4 heteroatoms. The molecule has 1 N–H and O–H groups in total. The SMILES string of the molecule is CCc1nn(C)cc1CNCC(C(C)C)N(C)C. The third kappa shape index (κ3) is 4.10. The zero-order valence-electron chi connectivity index (χ0n) is 12.7. The Balaban J connectivity index is 2.49. The molecule has 0 bridgehead atoms. The van der Waals surface area contributed by atoms with Crippen molar-refractivity contribution >= 4 is 0 Å². The van der Waals surface area contributed by atoms with Gasteiger partial charge < -0.3 is 10.2 Å². The van der Waals surface area contributed by atoms with Crippen LogP contribution in [-0.4, -0.2) is 41.4 Å². The molecule has 18 heavy (non-hydrogen) atoms. The molecule has 0 radical (unpaired) electrons. The highest BCUT2D eigenvalue weighted by Gasteiger charge is 2.15. The minimum Gasteiger partial charge on any atom is -0.311 e. The molecule has 1 unspecified atom stereocenters. The Morgan fingerprint density at radius 3 is 2.56 bits per heavy atom. The first-order chi connectivity index (χ1) is 8.45. The highest BCUT2D eigenvalue weighted by Crippen LogP contribution is 2.09. The zero-order valence-corrected chi connectivity index (χ0v) is 12.7. The summed E-state index contributed by atoms with van der Waals surface area (Å²) in [5.41, 5.74) is 2.53. The Morgan fingerprint density at radius 1 is 1.39 bits per heavy atom. The van der Waals surface area contributed by atoms with Gasteiger partial charge in [-0.1, -0.05) is 20.8 Å². The first-order valence-electron chi connectivity index (χ1n) is 6.84. The fourth-order valence-corrected chi connectivity index (χ4v) is 2.40. The molecule has 0 aliphatic rings. The van der Waals surface area contributed by atoms with Crippen molar-refractivity contribution in [1.29, 1.82) is 0 Å². The van der Waals surface area contributed by atoms with Crippen LogP contribution in [0.2, 0.25) is 0 Å². The van der Waals surface area contributed by atoms with Crippen molar-refractivity contribution in [3.63, 3.8) is 0 Å². The summed E-state index contributed by atoms with van der Waals surface area (Å²) in [6, 6.07) is 0.576. The lowest BCUT2D eigenvalue weighted by Gasteiger charge is -2.28. The van der Waals surface area contributed by atoms with Crippen molar-refractivity contribution in [3.05, 3.63) is 17.5 Å². The molecule has 1 aromatic heterocycles. The van der Waals surface area contributed by atoms with Crippen LogP contribution in [0.15, 0.2) is 6.20 Å². The summed E-state index contributed by atoms with van der Waals surface area (Å²) >= 11 is 0. The largest absolute Gasteiger partial charge is 0.311 e. The van der Waals surface area contributed by atoms with Gasteiger partial charge in [0.05, 0.1) is 5.69 Å². The number of nitrogens with one attached hydrogen (secondary N) is 1. The lowest BCUT2D eigenvalue weighted by atomic mass is 10.0. The Morgan fingerprint density at radius 2 is 2.06 bits per heavy atom. The fourth-order valence-electron chi connectivity index (χ4n) is 2.40. The molecule has 0 amide bonds. The van der Waals surface area contributed by atoms with Crippen LogP contribution in [0.5, 0.6) is 0 Å². The first kappa shape index (κ1) is 15.2. The van der Waals surface area contributed by atoms with Crippen LogP contribution in [0.1, 0.15) is 32.0 Å².